The molecule has 0 bridgehead atoms. The van der Waals surface area contributed by atoms with Crippen LogP contribution in [0.4, 0.5) is 0 Å². The van der Waals surface area contributed by atoms with Crippen molar-refractivity contribution in [1.29, 1.82) is 0 Å². The Hall–Kier alpha value is -2.36. The van der Waals surface area contributed by atoms with Gasteiger partial charge in [0.2, 0.25) is 5.91 Å². The molecule has 1 aromatic heterocycles. The van der Waals surface area contributed by atoms with Crippen LogP contribution in [-0.4, -0.2) is 22.0 Å². The predicted octanol–water partition coefficient (Wildman–Crippen LogP) is 5.37. The molecular formula is C23H33N3O. The van der Waals surface area contributed by atoms with E-state index < -0.39 is 0 Å². The van der Waals surface area contributed by atoms with Crippen LogP contribution in [0.1, 0.15) is 63.9 Å². The summed E-state index contributed by atoms with van der Waals surface area (Å²) < 4.78 is 2.35. The Balaban J connectivity index is 1.88. The fourth-order valence-electron chi connectivity index (χ4n) is 3.31. The van der Waals surface area contributed by atoms with Crippen LogP contribution in [0.2, 0.25) is 0 Å². The molecule has 27 heavy (non-hydrogen) atoms. The van der Waals surface area contributed by atoms with Gasteiger partial charge in [-0.3, -0.25) is 4.79 Å². The molecule has 0 aliphatic rings. The first-order chi connectivity index (χ1) is 13.2. The van der Waals surface area contributed by atoms with Crippen molar-refractivity contribution in [3.63, 3.8) is 0 Å². The number of amides is 1. The lowest BCUT2D eigenvalue weighted by atomic mass is 10.1. The summed E-state index contributed by atoms with van der Waals surface area (Å²) in [4.78, 5) is 16.0. The van der Waals surface area contributed by atoms with E-state index in [1.54, 1.807) is 0 Å². The van der Waals surface area contributed by atoms with Crippen molar-refractivity contribution in [3.05, 3.63) is 47.9 Å². The summed E-state index contributed by atoms with van der Waals surface area (Å²) in [6, 6.07) is 10.5. The Morgan fingerprint density at radius 2 is 1.81 bits per heavy atom. The van der Waals surface area contributed by atoms with Gasteiger partial charge in [0.25, 0.3) is 0 Å². The van der Waals surface area contributed by atoms with Crippen molar-refractivity contribution in [2.24, 2.45) is 0 Å². The van der Waals surface area contributed by atoms with Crippen molar-refractivity contribution in [1.82, 2.24) is 14.9 Å². The Morgan fingerprint density at radius 1 is 1.11 bits per heavy atom. The van der Waals surface area contributed by atoms with Crippen LogP contribution in [0.15, 0.2) is 36.4 Å². The van der Waals surface area contributed by atoms with Gasteiger partial charge < -0.3 is 9.88 Å². The van der Waals surface area contributed by atoms with E-state index in [0.29, 0.717) is 6.42 Å². The number of carbonyl (C=O) groups is 1. The lowest BCUT2D eigenvalue weighted by Crippen LogP contribution is -2.23. The number of aromatic nitrogens is 2. The Labute approximate surface area is 163 Å². The summed E-state index contributed by atoms with van der Waals surface area (Å²) in [6.45, 7) is 7.81. The Bertz CT molecular complexity index is 732. The van der Waals surface area contributed by atoms with Gasteiger partial charge in [-0.05, 0) is 32.8 Å². The molecule has 0 saturated carbocycles. The molecule has 0 unspecified atom stereocenters. The highest BCUT2D eigenvalue weighted by Gasteiger charge is 2.14. The second-order valence-electron chi connectivity index (χ2n) is 6.88. The largest absolute Gasteiger partial charge is 0.356 e. The highest BCUT2D eigenvalue weighted by atomic mass is 16.1. The first-order valence-electron chi connectivity index (χ1n) is 10.2. The fraction of sp³-hybridized carbons (Fsp3) is 0.478. The van der Waals surface area contributed by atoms with Crippen LogP contribution < -0.4 is 5.32 Å². The van der Waals surface area contributed by atoms with Gasteiger partial charge >= 0.3 is 0 Å². The molecule has 2 rings (SSSR count). The summed E-state index contributed by atoms with van der Waals surface area (Å²) in [5, 5.41) is 2.94. The molecule has 0 fully saturated rings. The third-order valence-electron chi connectivity index (χ3n) is 4.76. The zero-order valence-corrected chi connectivity index (χ0v) is 17.0. The highest BCUT2D eigenvalue weighted by molar-refractivity contribution is 5.75. The number of hydrogen-bond donors (Lipinski definition) is 1. The second kappa shape index (κ2) is 11.4. The summed E-state index contributed by atoms with van der Waals surface area (Å²) in [7, 11) is 0. The van der Waals surface area contributed by atoms with Crippen LogP contribution in [-0.2, 0) is 11.3 Å². The SMILES string of the molecule is C/C=C/c1nc(C)n(CCCCCCCNC(=O)CC)c1-c1ccccc1. The molecule has 4 nitrogen and oxygen atoms in total. The van der Waals surface area contributed by atoms with Gasteiger partial charge in [0.05, 0.1) is 11.4 Å². The summed E-state index contributed by atoms with van der Waals surface area (Å²) in [5.74, 6) is 1.22. The first kappa shape index (κ1) is 20.9. The molecule has 0 spiro atoms. The maximum Gasteiger partial charge on any atom is 0.219 e. The molecular weight excluding hydrogens is 334 g/mol. The van der Waals surface area contributed by atoms with Crippen LogP contribution >= 0.6 is 0 Å². The lowest BCUT2D eigenvalue weighted by molar-refractivity contribution is -0.120. The maximum absolute atomic E-state index is 11.2. The number of hydrogen-bond acceptors (Lipinski definition) is 2. The molecule has 2 aromatic rings. The fourth-order valence-corrected chi connectivity index (χ4v) is 3.31. The van der Waals surface area contributed by atoms with Gasteiger partial charge in [-0.2, -0.15) is 0 Å². The van der Waals surface area contributed by atoms with Crippen molar-refractivity contribution in [3.8, 4) is 11.3 Å². The number of allylic oxidation sites excluding steroid dienone is 1. The first-order valence-corrected chi connectivity index (χ1v) is 10.2. The monoisotopic (exact) mass is 367 g/mol. The Kier molecular flexibility index (Phi) is 8.82. The van der Waals surface area contributed by atoms with Gasteiger partial charge in [0.1, 0.15) is 5.82 Å². The molecule has 0 atom stereocenters. The number of carbonyl (C=O) groups excluding carboxylic acids is 1. The van der Waals surface area contributed by atoms with E-state index in [2.05, 4.69) is 59.3 Å². The van der Waals surface area contributed by atoms with Gasteiger partial charge in [-0.1, -0.05) is 62.6 Å². The van der Waals surface area contributed by atoms with Crippen LogP contribution in [0.5, 0.6) is 0 Å². The zero-order chi connectivity index (χ0) is 19.5. The van der Waals surface area contributed by atoms with Crippen LogP contribution in [0.3, 0.4) is 0 Å². The topological polar surface area (TPSA) is 46.9 Å². The summed E-state index contributed by atoms with van der Waals surface area (Å²) in [6.07, 6.45) is 10.5. The van der Waals surface area contributed by atoms with E-state index in [-0.39, 0.29) is 5.91 Å². The van der Waals surface area contributed by atoms with E-state index in [4.69, 9.17) is 4.98 Å². The van der Waals surface area contributed by atoms with Crippen molar-refractivity contribution < 1.29 is 4.79 Å². The van der Waals surface area contributed by atoms with Crippen LogP contribution in [0, 0.1) is 6.92 Å². The van der Waals surface area contributed by atoms with E-state index in [0.717, 1.165) is 37.4 Å². The minimum Gasteiger partial charge on any atom is -0.356 e. The second-order valence-corrected chi connectivity index (χ2v) is 6.88. The average molecular weight is 368 g/mol. The van der Waals surface area contributed by atoms with Gasteiger partial charge in [-0.15, -0.1) is 0 Å². The van der Waals surface area contributed by atoms with Gasteiger partial charge in [0, 0.05) is 25.1 Å². The number of unbranched alkanes of at least 4 members (excludes halogenated alkanes) is 4. The van der Waals surface area contributed by atoms with Crippen molar-refractivity contribution in [2.75, 3.05) is 6.54 Å². The summed E-state index contributed by atoms with van der Waals surface area (Å²) in [5.41, 5.74) is 3.49. The minimum absolute atomic E-state index is 0.149. The molecule has 4 heteroatoms. The number of rotatable bonds is 11. The summed E-state index contributed by atoms with van der Waals surface area (Å²) >= 11 is 0. The Morgan fingerprint density at radius 3 is 2.52 bits per heavy atom. The molecule has 1 N–H and O–H groups in total. The molecule has 0 aliphatic heterocycles. The maximum atomic E-state index is 11.2. The van der Waals surface area contributed by atoms with E-state index in [1.807, 2.05) is 13.8 Å². The van der Waals surface area contributed by atoms with E-state index in [9.17, 15) is 4.79 Å². The number of benzene rings is 1. The molecule has 146 valence electrons. The number of nitrogens with zero attached hydrogens (tertiary/aromatic N) is 2. The van der Waals surface area contributed by atoms with E-state index >= 15 is 0 Å². The van der Waals surface area contributed by atoms with Gasteiger partial charge in [0.15, 0.2) is 0 Å². The number of aryl methyl sites for hydroxylation is 1. The highest BCUT2D eigenvalue weighted by Crippen LogP contribution is 2.27. The van der Waals surface area contributed by atoms with Crippen molar-refractivity contribution >= 4 is 12.0 Å². The molecule has 1 amide bonds. The zero-order valence-electron chi connectivity index (χ0n) is 17.0. The average Bonchev–Trinajstić information content (AvgIpc) is 2.99. The van der Waals surface area contributed by atoms with Gasteiger partial charge in [-0.25, -0.2) is 4.98 Å². The third kappa shape index (κ3) is 6.38. The number of imidazole rings is 1. The van der Waals surface area contributed by atoms with Crippen molar-refractivity contribution in [2.45, 2.75) is 65.8 Å². The van der Waals surface area contributed by atoms with E-state index in [1.165, 1.54) is 30.5 Å². The molecule has 1 heterocycles. The normalized spacial score (nSPS) is 11.2. The quantitative estimate of drug-likeness (QED) is 0.543. The molecule has 0 aliphatic carbocycles. The molecule has 0 saturated heterocycles. The smallest absolute Gasteiger partial charge is 0.219 e. The predicted molar refractivity (Wildman–Crippen MR) is 113 cm³/mol. The lowest BCUT2D eigenvalue weighted by Gasteiger charge is -2.11. The number of nitrogens with one attached hydrogen (secondary N) is 1. The minimum atomic E-state index is 0.149. The van der Waals surface area contributed by atoms with Crippen LogP contribution in [0.25, 0.3) is 17.3 Å². The standard InChI is InChI=1S/C23H33N3O/c1-4-14-21-23(20-15-10-9-11-16-20)26(19(3)25-21)18-13-8-6-7-12-17-24-22(27)5-2/h4,9-11,14-16H,5-8,12-13,17-18H2,1-3H3,(H,24,27)/b14-4+. The third-order valence-corrected chi connectivity index (χ3v) is 4.76. The molecule has 1 aromatic carbocycles. The molecule has 0 radical (unpaired) electrons.